The lowest BCUT2D eigenvalue weighted by Crippen LogP contribution is -2.38. The molecule has 0 atom stereocenters. The van der Waals surface area contributed by atoms with Crippen LogP contribution in [0, 0.1) is 0 Å². The van der Waals surface area contributed by atoms with Crippen molar-refractivity contribution in [2.45, 2.75) is 38.7 Å². The first-order valence-corrected chi connectivity index (χ1v) is 12.2. The summed E-state index contributed by atoms with van der Waals surface area (Å²) < 4.78 is 15.6. The van der Waals surface area contributed by atoms with Crippen molar-refractivity contribution in [2.75, 3.05) is 18.0 Å². The van der Waals surface area contributed by atoms with Gasteiger partial charge in [0.25, 0.3) is 11.2 Å². The van der Waals surface area contributed by atoms with Crippen molar-refractivity contribution in [3.63, 3.8) is 0 Å². The number of benzene rings is 1. The standard InChI is InChI=1S/C23H24N8O2S/c1-15(2)19-12-32-22(25-19)29-8-6-18(7-9-29)33-23-26-21(13-34-23)30-10-5-16-11-17(3-4-20(16)30)31-14-24-27-28-31/h3-5,10-15,18H,6-9H2,1-2H3. The normalized spacial score (nSPS) is 15.0. The van der Waals surface area contributed by atoms with E-state index in [1.54, 1.807) is 17.3 Å². The van der Waals surface area contributed by atoms with E-state index in [9.17, 15) is 0 Å². The van der Waals surface area contributed by atoms with Gasteiger partial charge in [-0.05, 0) is 40.6 Å². The Bertz CT molecular complexity index is 1400. The number of thiazole rings is 1. The van der Waals surface area contributed by atoms with Crippen LogP contribution in [0.15, 0.2) is 52.9 Å². The molecule has 0 aliphatic carbocycles. The molecule has 1 saturated heterocycles. The summed E-state index contributed by atoms with van der Waals surface area (Å²) in [5.74, 6) is 1.21. The third-order valence-corrected chi connectivity index (χ3v) is 6.80. The zero-order chi connectivity index (χ0) is 23.1. The van der Waals surface area contributed by atoms with Crippen LogP contribution in [0.2, 0.25) is 0 Å². The van der Waals surface area contributed by atoms with Crippen molar-refractivity contribution < 1.29 is 9.15 Å². The summed E-state index contributed by atoms with van der Waals surface area (Å²) in [6.07, 6.45) is 7.31. The number of tetrazole rings is 1. The van der Waals surface area contributed by atoms with Crippen LogP contribution in [-0.4, -0.2) is 53.9 Å². The van der Waals surface area contributed by atoms with Gasteiger partial charge in [0, 0.05) is 42.9 Å². The summed E-state index contributed by atoms with van der Waals surface area (Å²) in [4.78, 5) is 11.5. The van der Waals surface area contributed by atoms with Gasteiger partial charge in [-0.1, -0.05) is 25.2 Å². The molecule has 11 heteroatoms. The number of aromatic nitrogens is 7. The number of anilines is 1. The Morgan fingerprint density at radius 3 is 2.79 bits per heavy atom. The van der Waals surface area contributed by atoms with E-state index in [2.05, 4.69) is 62.0 Å². The van der Waals surface area contributed by atoms with Crippen LogP contribution in [0.4, 0.5) is 6.01 Å². The number of oxazole rings is 1. The molecule has 0 bridgehead atoms. The maximum atomic E-state index is 6.23. The van der Waals surface area contributed by atoms with Crippen molar-refractivity contribution in [3.05, 3.63) is 54.1 Å². The number of hydrogen-bond donors (Lipinski definition) is 0. The van der Waals surface area contributed by atoms with Crippen LogP contribution < -0.4 is 9.64 Å². The minimum atomic E-state index is 0.134. The smallest absolute Gasteiger partial charge is 0.297 e. The first kappa shape index (κ1) is 20.8. The molecule has 0 spiro atoms. The number of hydrogen-bond acceptors (Lipinski definition) is 9. The third-order valence-electron chi connectivity index (χ3n) is 6.09. The van der Waals surface area contributed by atoms with Gasteiger partial charge in [0.2, 0.25) is 0 Å². The van der Waals surface area contributed by atoms with Gasteiger partial charge in [-0.3, -0.25) is 0 Å². The molecule has 1 aliphatic heterocycles. The lowest BCUT2D eigenvalue weighted by molar-refractivity contribution is 0.168. The zero-order valence-electron chi connectivity index (χ0n) is 18.9. The van der Waals surface area contributed by atoms with Crippen LogP contribution >= 0.6 is 11.3 Å². The van der Waals surface area contributed by atoms with E-state index in [1.165, 1.54) is 11.3 Å². The third kappa shape index (κ3) is 3.92. The molecule has 0 saturated carbocycles. The zero-order valence-corrected chi connectivity index (χ0v) is 19.7. The van der Waals surface area contributed by atoms with Gasteiger partial charge < -0.3 is 18.6 Å². The summed E-state index contributed by atoms with van der Waals surface area (Å²) in [6, 6.07) is 8.87. The number of ether oxygens (including phenoxy) is 1. The van der Waals surface area contributed by atoms with Gasteiger partial charge in [0.15, 0.2) is 5.82 Å². The molecule has 0 N–H and O–H groups in total. The number of nitrogens with zero attached hydrogens (tertiary/aromatic N) is 8. The van der Waals surface area contributed by atoms with Gasteiger partial charge in [0.05, 0.1) is 16.9 Å². The van der Waals surface area contributed by atoms with Crippen molar-refractivity contribution >= 4 is 28.3 Å². The summed E-state index contributed by atoms with van der Waals surface area (Å²) >= 11 is 1.53. The first-order chi connectivity index (χ1) is 16.6. The maximum absolute atomic E-state index is 6.23. The molecule has 10 nitrogen and oxygen atoms in total. The molecule has 0 radical (unpaired) electrons. The summed E-state index contributed by atoms with van der Waals surface area (Å²) in [6.45, 7) is 5.95. The monoisotopic (exact) mass is 476 g/mol. The maximum Gasteiger partial charge on any atom is 0.297 e. The second-order valence-corrected chi connectivity index (χ2v) is 9.49. The van der Waals surface area contributed by atoms with Crippen molar-refractivity contribution in [1.82, 2.24) is 34.7 Å². The highest BCUT2D eigenvalue weighted by Crippen LogP contribution is 2.29. The highest BCUT2D eigenvalue weighted by atomic mass is 32.1. The molecule has 1 aliphatic rings. The fourth-order valence-corrected chi connectivity index (χ4v) is 4.87. The number of rotatable bonds is 6. The Balaban J connectivity index is 1.12. The molecule has 174 valence electrons. The van der Waals surface area contributed by atoms with Crippen LogP contribution in [-0.2, 0) is 0 Å². The average Bonchev–Trinajstić information content (AvgIpc) is 3.66. The van der Waals surface area contributed by atoms with E-state index >= 15 is 0 Å². The molecule has 6 rings (SSSR count). The van der Waals surface area contributed by atoms with E-state index in [-0.39, 0.29) is 6.10 Å². The van der Waals surface area contributed by atoms with Crippen molar-refractivity contribution in [2.24, 2.45) is 0 Å². The van der Waals surface area contributed by atoms with Gasteiger partial charge in [-0.15, -0.1) is 5.10 Å². The van der Waals surface area contributed by atoms with E-state index < -0.39 is 0 Å². The predicted octanol–water partition coefficient (Wildman–Crippen LogP) is 4.22. The molecule has 0 unspecified atom stereocenters. The van der Waals surface area contributed by atoms with E-state index in [1.807, 2.05) is 17.6 Å². The average molecular weight is 477 g/mol. The summed E-state index contributed by atoms with van der Waals surface area (Å²) in [5.41, 5.74) is 2.97. The number of piperidine rings is 1. The highest BCUT2D eigenvalue weighted by molar-refractivity contribution is 7.11. The number of fused-ring (bicyclic) bond motifs is 1. The fraction of sp³-hybridized carbons (Fsp3) is 0.348. The minimum Gasteiger partial charge on any atom is -0.467 e. The van der Waals surface area contributed by atoms with Crippen LogP contribution in [0.5, 0.6) is 5.19 Å². The topological polar surface area (TPSA) is 99.9 Å². The Morgan fingerprint density at radius 2 is 2.03 bits per heavy atom. The molecule has 1 fully saturated rings. The molecule has 4 aromatic heterocycles. The molecule has 0 amide bonds. The predicted molar refractivity (Wildman–Crippen MR) is 128 cm³/mol. The Hall–Kier alpha value is -3.73. The van der Waals surface area contributed by atoms with E-state index in [0.29, 0.717) is 17.1 Å². The fourth-order valence-electron chi connectivity index (χ4n) is 4.16. The van der Waals surface area contributed by atoms with Crippen LogP contribution in [0.1, 0.15) is 38.3 Å². The van der Waals surface area contributed by atoms with Gasteiger partial charge in [0.1, 0.15) is 18.7 Å². The Labute approximate surface area is 199 Å². The molecular weight excluding hydrogens is 452 g/mol. The van der Waals surface area contributed by atoms with E-state index in [0.717, 1.165) is 54.0 Å². The van der Waals surface area contributed by atoms with Gasteiger partial charge >= 0.3 is 0 Å². The Kier molecular flexibility index (Phi) is 5.25. The summed E-state index contributed by atoms with van der Waals surface area (Å²) in [7, 11) is 0. The molecule has 1 aromatic carbocycles. The molecule has 5 heterocycles. The lowest BCUT2D eigenvalue weighted by Gasteiger charge is -2.30. The summed E-state index contributed by atoms with van der Waals surface area (Å²) in [5, 5.41) is 15.2. The van der Waals surface area contributed by atoms with Crippen LogP contribution in [0.3, 0.4) is 0 Å². The van der Waals surface area contributed by atoms with Crippen molar-refractivity contribution in [1.29, 1.82) is 0 Å². The van der Waals surface area contributed by atoms with Crippen molar-refractivity contribution in [3.8, 4) is 16.7 Å². The first-order valence-electron chi connectivity index (χ1n) is 11.3. The molecule has 34 heavy (non-hydrogen) atoms. The second-order valence-electron chi connectivity index (χ2n) is 8.67. The largest absolute Gasteiger partial charge is 0.467 e. The minimum absolute atomic E-state index is 0.134. The SMILES string of the molecule is CC(C)c1coc(N2CCC(Oc3nc(-n4ccc5cc(-n6cnnn6)ccc54)cs3)CC2)n1. The van der Waals surface area contributed by atoms with Gasteiger partial charge in [-0.25, -0.2) is 4.68 Å². The van der Waals surface area contributed by atoms with E-state index in [4.69, 9.17) is 14.1 Å². The molecular formula is C23H24N8O2S. The van der Waals surface area contributed by atoms with Crippen LogP contribution in [0.25, 0.3) is 22.4 Å². The molecule has 5 aromatic rings. The van der Waals surface area contributed by atoms with Gasteiger partial charge in [-0.2, -0.15) is 9.97 Å². The lowest BCUT2D eigenvalue weighted by atomic mass is 10.1. The highest BCUT2D eigenvalue weighted by Gasteiger charge is 2.25. The quantitative estimate of drug-likeness (QED) is 0.359. The Morgan fingerprint density at radius 1 is 1.15 bits per heavy atom. The second kappa shape index (κ2) is 8.56.